The van der Waals surface area contributed by atoms with E-state index in [1.165, 1.54) is 23.6 Å². The number of carboxylic acid groups (broad SMARTS) is 1. The maximum atomic E-state index is 12.0. The van der Waals surface area contributed by atoms with Crippen LogP contribution in [0.2, 0.25) is 0 Å². The minimum absolute atomic E-state index is 0.210. The number of nitrogens with zero attached hydrogens (tertiary/aromatic N) is 3. The monoisotopic (exact) mass is 264 g/mol. The van der Waals surface area contributed by atoms with Crippen LogP contribution in [-0.4, -0.2) is 45.1 Å². The van der Waals surface area contributed by atoms with Crippen molar-refractivity contribution in [3.8, 4) is 0 Å². The molecule has 7 heteroatoms. The number of nitrogens with one attached hydrogen (secondary N) is 1. The highest BCUT2D eigenvalue weighted by Gasteiger charge is 2.39. The molecule has 19 heavy (non-hydrogen) atoms. The number of carbonyl (C=O) groups is 2. The number of anilines is 1. The molecule has 1 saturated heterocycles. The molecule has 1 unspecified atom stereocenters. The summed E-state index contributed by atoms with van der Waals surface area (Å²) in [4.78, 5) is 32.4. The van der Waals surface area contributed by atoms with E-state index >= 15 is 0 Å². The SMILES string of the molecule is CC1(C(=O)O)CCCN(C(=O)Nc2cncnc2)C1. The highest BCUT2D eigenvalue weighted by Crippen LogP contribution is 2.29. The molecule has 2 amide bonds. The van der Waals surface area contributed by atoms with Crippen LogP contribution in [0.1, 0.15) is 19.8 Å². The van der Waals surface area contributed by atoms with Gasteiger partial charge in [-0.05, 0) is 19.8 Å². The Morgan fingerprint density at radius 3 is 2.74 bits per heavy atom. The van der Waals surface area contributed by atoms with Crippen LogP contribution in [0.25, 0.3) is 0 Å². The molecule has 0 spiro atoms. The average molecular weight is 264 g/mol. The van der Waals surface area contributed by atoms with Crippen LogP contribution in [0.5, 0.6) is 0 Å². The first-order valence-electron chi connectivity index (χ1n) is 6.06. The molecule has 102 valence electrons. The molecule has 0 saturated carbocycles. The van der Waals surface area contributed by atoms with Crippen molar-refractivity contribution in [3.63, 3.8) is 0 Å². The molecule has 2 rings (SSSR count). The molecule has 0 bridgehead atoms. The zero-order valence-corrected chi connectivity index (χ0v) is 10.7. The van der Waals surface area contributed by atoms with E-state index in [0.717, 1.165) is 0 Å². The summed E-state index contributed by atoms with van der Waals surface area (Å²) in [6, 6.07) is -0.318. The zero-order valence-electron chi connectivity index (χ0n) is 10.7. The molecule has 1 aromatic rings. The second-order valence-electron chi connectivity index (χ2n) is 4.95. The van der Waals surface area contributed by atoms with Gasteiger partial charge in [0.1, 0.15) is 6.33 Å². The van der Waals surface area contributed by atoms with Crippen molar-refractivity contribution >= 4 is 17.7 Å². The Hall–Kier alpha value is -2.18. The molecule has 2 heterocycles. The predicted molar refractivity (Wildman–Crippen MR) is 67.6 cm³/mol. The fourth-order valence-corrected chi connectivity index (χ4v) is 2.15. The Morgan fingerprint density at radius 2 is 2.11 bits per heavy atom. The van der Waals surface area contributed by atoms with Crippen LogP contribution in [0.15, 0.2) is 18.7 Å². The fourth-order valence-electron chi connectivity index (χ4n) is 2.15. The maximum absolute atomic E-state index is 12.0. The summed E-state index contributed by atoms with van der Waals surface area (Å²) in [5, 5.41) is 11.9. The van der Waals surface area contributed by atoms with Crippen molar-refractivity contribution in [3.05, 3.63) is 18.7 Å². The van der Waals surface area contributed by atoms with Crippen molar-refractivity contribution in [1.29, 1.82) is 0 Å². The smallest absolute Gasteiger partial charge is 0.321 e. The van der Waals surface area contributed by atoms with Gasteiger partial charge in [0.25, 0.3) is 0 Å². The minimum atomic E-state index is -0.872. The molecule has 0 aliphatic carbocycles. The van der Waals surface area contributed by atoms with Gasteiger partial charge in [0.05, 0.1) is 23.5 Å². The van der Waals surface area contributed by atoms with E-state index in [-0.39, 0.29) is 12.6 Å². The summed E-state index contributed by atoms with van der Waals surface area (Å²) >= 11 is 0. The van der Waals surface area contributed by atoms with Crippen molar-refractivity contribution in [2.45, 2.75) is 19.8 Å². The third-order valence-electron chi connectivity index (χ3n) is 3.31. The second kappa shape index (κ2) is 5.21. The van der Waals surface area contributed by atoms with Gasteiger partial charge >= 0.3 is 12.0 Å². The summed E-state index contributed by atoms with van der Waals surface area (Å²) in [5.74, 6) is -0.868. The summed E-state index contributed by atoms with van der Waals surface area (Å²) < 4.78 is 0. The third-order valence-corrected chi connectivity index (χ3v) is 3.31. The van der Waals surface area contributed by atoms with Crippen molar-refractivity contribution in [1.82, 2.24) is 14.9 Å². The Bertz CT molecular complexity index is 479. The number of piperidine rings is 1. The molecule has 1 atom stereocenters. The van der Waals surface area contributed by atoms with Gasteiger partial charge in [-0.15, -0.1) is 0 Å². The van der Waals surface area contributed by atoms with E-state index in [0.29, 0.717) is 25.1 Å². The Kier molecular flexibility index (Phi) is 3.64. The van der Waals surface area contributed by atoms with Gasteiger partial charge in [-0.1, -0.05) is 0 Å². The molecule has 2 N–H and O–H groups in total. The van der Waals surface area contributed by atoms with Crippen molar-refractivity contribution < 1.29 is 14.7 Å². The molecule has 0 radical (unpaired) electrons. The standard InChI is InChI=1S/C12H16N4O3/c1-12(10(17)18)3-2-4-16(7-12)11(19)15-9-5-13-8-14-6-9/h5-6,8H,2-4,7H2,1H3,(H,15,19)(H,17,18). The molecule has 1 aliphatic heterocycles. The normalized spacial score (nSPS) is 22.9. The quantitative estimate of drug-likeness (QED) is 0.836. The first-order valence-corrected chi connectivity index (χ1v) is 6.06. The van der Waals surface area contributed by atoms with E-state index in [1.807, 2.05) is 0 Å². The lowest BCUT2D eigenvalue weighted by atomic mass is 9.82. The maximum Gasteiger partial charge on any atom is 0.321 e. The van der Waals surface area contributed by atoms with Crippen molar-refractivity contribution in [2.75, 3.05) is 18.4 Å². The molecular formula is C12H16N4O3. The Morgan fingerprint density at radius 1 is 1.42 bits per heavy atom. The van der Waals surface area contributed by atoms with Crippen LogP contribution >= 0.6 is 0 Å². The first-order chi connectivity index (χ1) is 9.01. The number of hydrogen-bond acceptors (Lipinski definition) is 4. The van der Waals surface area contributed by atoms with Gasteiger partial charge in [0.2, 0.25) is 0 Å². The molecule has 0 aromatic carbocycles. The van der Waals surface area contributed by atoms with Crippen molar-refractivity contribution in [2.24, 2.45) is 5.41 Å². The Balaban J connectivity index is 2.02. The Labute approximate surface area is 110 Å². The number of carbonyl (C=O) groups excluding carboxylic acids is 1. The van der Waals surface area contributed by atoms with Crippen LogP contribution in [-0.2, 0) is 4.79 Å². The number of hydrogen-bond donors (Lipinski definition) is 2. The number of amides is 2. The summed E-state index contributed by atoms with van der Waals surface area (Å²) in [7, 11) is 0. The number of rotatable bonds is 2. The van der Waals surface area contributed by atoms with Crippen LogP contribution in [0, 0.1) is 5.41 Å². The molecule has 1 fully saturated rings. The highest BCUT2D eigenvalue weighted by atomic mass is 16.4. The average Bonchev–Trinajstić information content (AvgIpc) is 2.40. The minimum Gasteiger partial charge on any atom is -0.481 e. The lowest BCUT2D eigenvalue weighted by molar-refractivity contribution is -0.150. The largest absolute Gasteiger partial charge is 0.481 e. The number of carboxylic acids is 1. The number of likely N-dealkylation sites (tertiary alicyclic amines) is 1. The van der Waals surface area contributed by atoms with Crippen LogP contribution < -0.4 is 5.32 Å². The van der Waals surface area contributed by atoms with Gasteiger partial charge in [0.15, 0.2) is 0 Å². The summed E-state index contributed by atoms with van der Waals surface area (Å²) in [5.41, 5.74) is -0.377. The predicted octanol–water partition coefficient (Wildman–Crippen LogP) is 1.20. The molecular weight excluding hydrogens is 248 g/mol. The van der Waals surface area contributed by atoms with E-state index in [1.54, 1.807) is 6.92 Å². The summed E-state index contributed by atoms with van der Waals surface area (Å²) in [6.45, 7) is 2.44. The van der Waals surface area contributed by atoms with E-state index in [9.17, 15) is 14.7 Å². The van der Waals surface area contributed by atoms with Crippen LogP contribution in [0.4, 0.5) is 10.5 Å². The topological polar surface area (TPSA) is 95.4 Å². The molecule has 7 nitrogen and oxygen atoms in total. The van der Waals surface area contributed by atoms with Crippen LogP contribution in [0.3, 0.4) is 0 Å². The van der Waals surface area contributed by atoms with Gasteiger partial charge < -0.3 is 15.3 Å². The first kappa shape index (κ1) is 13.3. The van der Waals surface area contributed by atoms with Gasteiger partial charge in [-0.2, -0.15) is 0 Å². The van der Waals surface area contributed by atoms with Gasteiger partial charge in [-0.3, -0.25) is 4.79 Å². The lowest BCUT2D eigenvalue weighted by Gasteiger charge is -2.37. The zero-order chi connectivity index (χ0) is 13.9. The number of aromatic nitrogens is 2. The lowest BCUT2D eigenvalue weighted by Crippen LogP contribution is -2.49. The second-order valence-corrected chi connectivity index (χ2v) is 4.95. The van der Waals surface area contributed by atoms with Gasteiger partial charge in [-0.25, -0.2) is 14.8 Å². The summed E-state index contributed by atoms with van der Waals surface area (Å²) in [6.07, 6.45) is 5.62. The fraction of sp³-hybridized carbons (Fsp3) is 0.500. The number of urea groups is 1. The third kappa shape index (κ3) is 2.98. The number of aliphatic carboxylic acids is 1. The van der Waals surface area contributed by atoms with E-state index in [4.69, 9.17) is 0 Å². The van der Waals surface area contributed by atoms with E-state index < -0.39 is 11.4 Å². The highest BCUT2D eigenvalue weighted by molar-refractivity contribution is 5.89. The van der Waals surface area contributed by atoms with Gasteiger partial charge in [0, 0.05) is 13.1 Å². The van der Waals surface area contributed by atoms with E-state index in [2.05, 4.69) is 15.3 Å². The molecule has 1 aromatic heterocycles. The molecule has 1 aliphatic rings.